The molecule has 0 amide bonds. The molecule has 3 aliphatic rings. The second kappa shape index (κ2) is 43.5. The summed E-state index contributed by atoms with van der Waals surface area (Å²) in [7, 11) is -4.55. The molecule has 0 aliphatic carbocycles. The van der Waals surface area contributed by atoms with Crippen molar-refractivity contribution in [3.63, 3.8) is 0 Å². The van der Waals surface area contributed by atoms with E-state index >= 15 is 0 Å². The van der Waals surface area contributed by atoms with Gasteiger partial charge < -0.3 is 79.7 Å². The van der Waals surface area contributed by atoms with E-state index in [1.54, 1.807) is 135 Å². The van der Waals surface area contributed by atoms with E-state index in [0.717, 1.165) is 0 Å². The predicted molar refractivity (Wildman–Crippen MR) is 420 cm³/mol. The summed E-state index contributed by atoms with van der Waals surface area (Å²) in [5.41, 5.74) is -1.88. The third-order valence-corrected chi connectivity index (χ3v) is 23.2. The Morgan fingerprint density at radius 2 is 0.891 bits per heavy atom. The maximum Gasteiger partial charge on any atom is 0.338 e. The molecule has 32 nitrogen and oxygen atoms in total. The van der Waals surface area contributed by atoms with Crippen LogP contribution in [-0.2, 0) is 74.8 Å². The molecule has 6 heterocycles. The molecule has 36 heteroatoms. The Kier molecular flexibility index (Phi) is 37.1. The minimum Gasteiger partial charge on any atom is -0.453 e. The molecule has 3 unspecified atom stereocenters. The summed E-state index contributed by atoms with van der Waals surface area (Å²) in [6, 6.07) is 17.1. The van der Waals surface area contributed by atoms with E-state index in [0.29, 0.717) is 46.7 Å². The number of benzene rings is 2. The largest absolute Gasteiger partial charge is 0.453 e. The molecule has 8 rings (SSSR count). The smallest absolute Gasteiger partial charge is 0.338 e. The van der Waals surface area contributed by atoms with Gasteiger partial charge in [-0.25, -0.2) is 35.2 Å². The summed E-state index contributed by atoms with van der Waals surface area (Å²) in [6.45, 7) is 35.6. The topological polar surface area (TPSA) is 378 Å². The van der Waals surface area contributed by atoms with Crippen LogP contribution in [0.15, 0.2) is 120 Å². The Morgan fingerprint density at radius 3 is 1.25 bits per heavy atom. The van der Waals surface area contributed by atoms with Crippen molar-refractivity contribution < 1.29 is 84.4 Å². The summed E-state index contributed by atoms with van der Waals surface area (Å²) in [6.07, 6.45) is -3.85. The van der Waals surface area contributed by atoms with E-state index in [2.05, 4.69) is 24.5 Å². The number of carbonyl (C=O) groups is 2. The van der Waals surface area contributed by atoms with Crippen molar-refractivity contribution in [3.05, 3.63) is 193 Å². The molecule has 3 aliphatic heterocycles. The van der Waals surface area contributed by atoms with E-state index in [-0.39, 0.29) is 77.5 Å². The highest BCUT2D eigenvalue weighted by Crippen LogP contribution is 2.53. The van der Waals surface area contributed by atoms with Crippen LogP contribution < -0.4 is 33.7 Å². The SMILES string of the molecule is C.COCCO[C@@H]1[C@H](OC(=O)c2ccccc2)[C@@H](/C=C/P(C)(C)=O)O[C@H]1n1cc(C)c(=O)[nH]c1=O.COCCO[C@@H]1[C@H](OC(=O)c2ccccc2)[C@@H](C(C)CP(C)(C)=O)O[C@H]1n1cc(C)c(=O)[nH]c1=O.[C-]#[N+]CCOP(O[C@H]1[C@@H](OCCOC)[C@H](n2cc(C)c(=O)[nH]c2=O)O[C@@H]1C(C)CP(C)(C)=O)N(C(C)C)C(C)C. The van der Waals surface area contributed by atoms with E-state index < -0.39 is 149 Å². The molecule has 3 fully saturated rings. The number of carbonyl (C=O) groups excluding carboxylic acids is 2. The molecule has 5 aromatic rings. The van der Waals surface area contributed by atoms with Crippen LogP contribution in [0.5, 0.6) is 0 Å². The number of aromatic amines is 3. The summed E-state index contributed by atoms with van der Waals surface area (Å²) >= 11 is 0. The van der Waals surface area contributed by atoms with Crippen molar-refractivity contribution in [1.82, 2.24) is 33.3 Å². The summed E-state index contributed by atoms with van der Waals surface area (Å²) in [5, 5.41) is 0. The van der Waals surface area contributed by atoms with Gasteiger partial charge in [-0.3, -0.25) is 43.0 Å². The van der Waals surface area contributed by atoms with Crippen molar-refractivity contribution in [2.75, 3.05) is 126 Å². The molecule has 2 aromatic carbocycles. The molecule has 3 N–H and O–H groups in total. The first-order valence-corrected chi connectivity index (χ1v) is 45.0. The van der Waals surface area contributed by atoms with Gasteiger partial charge in [0.1, 0.15) is 50.4 Å². The van der Waals surface area contributed by atoms with Crippen LogP contribution in [0.1, 0.15) is 105 Å². The maximum atomic E-state index is 13.0. The first kappa shape index (κ1) is 93.9. The number of esters is 2. The van der Waals surface area contributed by atoms with Gasteiger partial charge in [0, 0.05) is 81.0 Å². The molecular formula is C74H112N8O24P4. The number of aromatic nitrogens is 6. The van der Waals surface area contributed by atoms with E-state index in [4.69, 9.17) is 67.7 Å². The molecule has 0 spiro atoms. The predicted octanol–water partition coefficient (Wildman–Crippen LogP) is 8.73. The molecule has 612 valence electrons. The van der Waals surface area contributed by atoms with Gasteiger partial charge >= 0.3 is 29.0 Å². The number of aryl methyl sites for hydroxylation is 3. The van der Waals surface area contributed by atoms with Crippen molar-refractivity contribution in [3.8, 4) is 0 Å². The molecule has 15 atom stereocenters. The monoisotopic (exact) mass is 1620 g/mol. The van der Waals surface area contributed by atoms with E-state index in [9.17, 15) is 52.1 Å². The Morgan fingerprint density at radius 1 is 0.536 bits per heavy atom. The molecule has 3 saturated heterocycles. The number of nitrogens with zero attached hydrogens (tertiary/aromatic N) is 5. The molecule has 110 heavy (non-hydrogen) atoms. The Labute approximate surface area is 643 Å². The molecule has 0 bridgehead atoms. The number of hydrogen-bond donors (Lipinski definition) is 3. The first-order chi connectivity index (χ1) is 51.3. The quantitative estimate of drug-likeness (QED) is 0.0148. The van der Waals surface area contributed by atoms with Crippen LogP contribution in [-0.4, -0.2) is 239 Å². The van der Waals surface area contributed by atoms with Gasteiger partial charge in [-0.05, 0) is 136 Å². The van der Waals surface area contributed by atoms with Crippen LogP contribution in [0.4, 0.5) is 0 Å². The lowest BCUT2D eigenvalue weighted by atomic mass is 9.99. The van der Waals surface area contributed by atoms with Crippen LogP contribution in [0.3, 0.4) is 0 Å². The second-order valence-corrected chi connectivity index (χ2v) is 40.3. The number of nitrogens with one attached hydrogen (secondary N) is 3. The summed E-state index contributed by atoms with van der Waals surface area (Å²) in [4.78, 5) is 110. The third-order valence-electron chi connectivity index (χ3n) is 17.3. The summed E-state index contributed by atoms with van der Waals surface area (Å²) < 4.78 is 121. The highest BCUT2D eigenvalue weighted by molar-refractivity contribution is 7.65. The lowest BCUT2D eigenvalue weighted by molar-refractivity contribution is -0.0832. The zero-order valence-corrected chi connectivity index (χ0v) is 68.9. The van der Waals surface area contributed by atoms with Crippen LogP contribution >= 0.6 is 30.0 Å². The van der Waals surface area contributed by atoms with Crippen molar-refractivity contribution in [2.45, 2.75) is 155 Å². The Balaban J connectivity index is 0.000000295. The van der Waals surface area contributed by atoms with Gasteiger partial charge in [-0.15, -0.1) is 0 Å². The minimum atomic E-state index is -2.58. The van der Waals surface area contributed by atoms with Crippen LogP contribution in [0, 0.1) is 39.2 Å². The highest BCUT2D eigenvalue weighted by Gasteiger charge is 2.54. The Hall–Kier alpha value is -6.71. The number of methoxy groups -OCH3 is 3. The zero-order chi connectivity index (χ0) is 80.8. The second-order valence-electron chi connectivity index (χ2n) is 28.7. The van der Waals surface area contributed by atoms with Gasteiger partial charge in [0.2, 0.25) is 6.54 Å². The van der Waals surface area contributed by atoms with Gasteiger partial charge in [0.15, 0.2) is 30.9 Å². The van der Waals surface area contributed by atoms with Gasteiger partial charge in [-0.1, -0.05) is 57.7 Å². The van der Waals surface area contributed by atoms with E-state index in [1.807, 2.05) is 41.5 Å². The fourth-order valence-electron chi connectivity index (χ4n) is 12.6. The molecular weight excluding hydrogens is 1510 g/mol. The standard InChI is InChI=1S/C26H46N4O8P2.C24H33N2O8P.C23H29N2O8P.CH4/c1-17(2)30(18(3)4)39(36-12-11-27-7)38-22-21(20(6)16-40(9,10)33)37-25(23(22)35-14-13-34-8)29-15-19(5)24(31)28-26(29)32;1-15-13-26(24(29)25-21(15)27)22-20(32-12-11-31-3)19(18(33-22)16(2)14-35(4,5)30)34-23(28)17-9-7-6-8-10-17;1-15-14-25(23(28)24-20(15)26)21-19(31-12-11-30-2)18(17(32-21)10-13-34(3,4)29)33-22(27)16-8-6-5-7-9-16;/h15,17-18,20-23,25H,11-14,16H2,1-6,8-10H3,(H,28,31,32);6-10,13,16,18-20,22H,11-12,14H2,1-5H3,(H,25,27,29);5-10,13-14,17-19,21H,11-12H2,1-4H3,(H,24,26,28);1H4/b;;13-10+;/t20?,21-,22-,23-,25-,39?;16?,18-,19-,20-,22-;17-,18-,19-,21-;/m111./s1. The van der Waals surface area contributed by atoms with Crippen LogP contribution in [0.25, 0.3) is 4.85 Å². The average molecular weight is 1620 g/mol. The van der Waals surface area contributed by atoms with E-state index in [1.165, 1.54) is 52.3 Å². The van der Waals surface area contributed by atoms with Crippen LogP contribution in [0.2, 0.25) is 0 Å². The average Bonchev–Trinajstić information content (AvgIpc) is 1.64. The van der Waals surface area contributed by atoms with Gasteiger partial charge in [0.25, 0.3) is 25.2 Å². The molecule has 3 aromatic heterocycles. The number of ether oxygens (including phenoxy) is 11. The number of H-pyrrole nitrogens is 3. The fourth-order valence-corrected chi connectivity index (χ4v) is 18.1. The van der Waals surface area contributed by atoms with Gasteiger partial charge in [0.05, 0.1) is 71.2 Å². The minimum absolute atomic E-state index is 0. The van der Waals surface area contributed by atoms with Crippen molar-refractivity contribution in [1.29, 1.82) is 0 Å². The maximum absolute atomic E-state index is 13.0. The molecule has 0 radical (unpaired) electrons. The fraction of sp³-hybridized carbons (Fsp3) is 0.608. The zero-order valence-electron chi connectivity index (χ0n) is 65.3. The number of rotatable bonds is 35. The molecule has 0 saturated carbocycles. The number of hydrogen-bond acceptors (Lipinski definition) is 25. The Bertz CT molecular complexity index is 4360. The highest BCUT2D eigenvalue weighted by atomic mass is 31.2. The third kappa shape index (κ3) is 27.3. The lowest BCUT2D eigenvalue weighted by Crippen LogP contribution is -2.43. The lowest BCUT2D eigenvalue weighted by Gasteiger charge is -2.38. The van der Waals surface area contributed by atoms with Crippen molar-refractivity contribution >= 4 is 41.9 Å². The first-order valence-electron chi connectivity index (χ1n) is 35.6. The van der Waals surface area contributed by atoms with Crippen molar-refractivity contribution in [2.24, 2.45) is 11.8 Å². The normalized spacial score (nSPS) is 22.9. The van der Waals surface area contributed by atoms with Gasteiger partial charge in [-0.2, -0.15) is 0 Å². The summed E-state index contributed by atoms with van der Waals surface area (Å²) in [5.74, 6) is -0.178.